The van der Waals surface area contributed by atoms with E-state index in [-0.39, 0.29) is 29.5 Å². The number of quaternary nitrogens is 1. The molecule has 42 heavy (non-hydrogen) atoms. The Bertz CT molecular complexity index is 1410. The zero-order valence-electron chi connectivity index (χ0n) is 24.8. The minimum absolute atomic E-state index is 0.0762. The lowest BCUT2D eigenvalue weighted by molar-refractivity contribution is -0.952. The summed E-state index contributed by atoms with van der Waals surface area (Å²) in [6.07, 6.45) is 3.48. The second-order valence-corrected chi connectivity index (χ2v) is 14.3. The first-order valence-electron chi connectivity index (χ1n) is 15.6. The van der Waals surface area contributed by atoms with E-state index in [0.29, 0.717) is 12.6 Å². The maximum Gasteiger partial charge on any atom is 0.416 e. The van der Waals surface area contributed by atoms with Crippen LogP contribution in [-0.2, 0) is 34.1 Å². The van der Waals surface area contributed by atoms with E-state index < -0.39 is 17.3 Å². The SMILES string of the molecule is COc1ccc2c3c1O[C@H]1[C@@]4(OC)CC[C@@]5(C[C@@H]4COCc4ccc(C(F)(F)F)cc4)[C@@H](C2)[N+](C)(CC2CC2)CC[C@]315. The molecule has 226 valence electrons. The van der Waals surface area contributed by atoms with E-state index in [1.807, 2.05) is 7.11 Å². The van der Waals surface area contributed by atoms with E-state index in [4.69, 9.17) is 18.9 Å². The van der Waals surface area contributed by atoms with Crippen molar-refractivity contribution < 1.29 is 36.6 Å². The van der Waals surface area contributed by atoms with Crippen LogP contribution in [0.5, 0.6) is 11.5 Å². The zero-order valence-corrected chi connectivity index (χ0v) is 24.8. The van der Waals surface area contributed by atoms with Crippen LogP contribution >= 0.6 is 0 Å². The van der Waals surface area contributed by atoms with E-state index in [9.17, 15) is 13.2 Å². The Morgan fingerprint density at radius 2 is 1.81 bits per heavy atom. The van der Waals surface area contributed by atoms with Crippen molar-refractivity contribution in [3.63, 3.8) is 0 Å². The van der Waals surface area contributed by atoms with Crippen molar-refractivity contribution in [2.45, 2.75) is 80.9 Å². The molecular weight excluding hydrogens is 543 g/mol. The van der Waals surface area contributed by atoms with Gasteiger partial charge in [0, 0.05) is 42.8 Å². The molecule has 8 heteroatoms. The molecule has 7 atom stereocenters. The number of hydrogen-bond acceptors (Lipinski definition) is 4. The lowest BCUT2D eigenvalue weighted by atomic mass is 9.34. The summed E-state index contributed by atoms with van der Waals surface area (Å²) in [5.74, 6) is 2.71. The predicted molar refractivity (Wildman–Crippen MR) is 150 cm³/mol. The molecule has 0 radical (unpaired) electrons. The van der Waals surface area contributed by atoms with Crippen LogP contribution in [0.2, 0.25) is 0 Å². The number of hydrogen-bond donors (Lipinski definition) is 0. The van der Waals surface area contributed by atoms with Gasteiger partial charge in [-0.1, -0.05) is 18.2 Å². The van der Waals surface area contributed by atoms with Crippen molar-refractivity contribution in [2.24, 2.45) is 17.3 Å². The summed E-state index contributed by atoms with van der Waals surface area (Å²) < 4.78 is 66.3. The van der Waals surface area contributed by atoms with Crippen LogP contribution in [-0.4, -0.2) is 63.2 Å². The summed E-state index contributed by atoms with van der Waals surface area (Å²) in [4.78, 5) is 0. The molecule has 5 aliphatic carbocycles. The number of ether oxygens (including phenoxy) is 4. The Labute approximate surface area is 245 Å². The summed E-state index contributed by atoms with van der Waals surface area (Å²) in [5.41, 5.74) is 2.41. The van der Waals surface area contributed by atoms with Gasteiger partial charge in [-0.25, -0.2) is 0 Å². The largest absolute Gasteiger partial charge is 0.493 e. The number of halogens is 3. The number of alkyl halides is 3. The number of piperidine rings is 1. The normalized spacial score (nSPS) is 39.1. The highest BCUT2D eigenvalue weighted by Gasteiger charge is 2.83. The van der Waals surface area contributed by atoms with Gasteiger partial charge >= 0.3 is 6.18 Å². The lowest BCUT2D eigenvalue weighted by Crippen LogP contribution is -2.83. The molecule has 0 N–H and O–H groups in total. The van der Waals surface area contributed by atoms with Gasteiger partial charge in [-0.2, -0.15) is 13.2 Å². The van der Waals surface area contributed by atoms with Crippen molar-refractivity contribution in [3.05, 3.63) is 58.7 Å². The van der Waals surface area contributed by atoms with Gasteiger partial charge in [0.15, 0.2) is 11.5 Å². The van der Waals surface area contributed by atoms with Gasteiger partial charge in [-0.3, -0.25) is 0 Å². The van der Waals surface area contributed by atoms with Gasteiger partial charge in [0.25, 0.3) is 0 Å². The lowest BCUT2D eigenvalue weighted by Gasteiger charge is -2.74. The molecule has 0 aromatic heterocycles. The summed E-state index contributed by atoms with van der Waals surface area (Å²) >= 11 is 0. The first-order valence-corrected chi connectivity index (χ1v) is 15.6. The van der Waals surface area contributed by atoms with Crippen LogP contribution in [0, 0.1) is 17.3 Å². The Morgan fingerprint density at radius 3 is 2.50 bits per heavy atom. The summed E-state index contributed by atoms with van der Waals surface area (Å²) in [6, 6.07) is 10.2. The van der Waals surface area contributed by atoms with Gasteiger partial charge in [0.05, 0.1) is 57.5 Å². The molecule has 7 aliphatic rings. The minimum Gasteiger partial charge on any atom is -0.493 e. The summed E-state index contributed by atoms with van der Waals surface area (Å²) in [7, 11) is 6.08. The molecule has 1 saturated heterocycles. The Hall–Kier alpha value is -2.29. The number of likely N-dealkylation sites (N-methyl/N-ethyl adjacent to an activating group) is 1. The molecule has 4 bridgehead atoms. The molecule has 2 heterocycles. The zero-order chi connectivity index (χ0) is 29.1. The third-order valence-electron chi connectivity index (χ3n) is 12.6. The highest BCUT2D eigenvalue weighted by atomic mass is 19.4. The summed E-state index contributed by atoms with van der Waals surface area (Å²) in [6.45, 7) is 3.19. The fourth-order valence-electron chi connectivity index (χ4n) is 10.7. The number of rotatable bonds is 8. The third-order valence-corrected chi connectivity index (χ3v) is 12.6. The smallest absolute Gasteiger partial charge is 0.416 e. The van der Waals surface area contributed by atoms with Gasteiger partial charge in [-0.05, 0) is 61.4 Å². The van der Waals surface area contributed by atoms with E-state index in [2.05, 4.69) is 19.2 Å². The molecule has 0 amide bonds. The highest BCUT2D eigenvalue weighted by Crippen LogP contribution is 2.77. The number of benzene rings is 2. The second kappa shape index (κ2) is 8.89. The van der Waals surface area contributed by atoms with E-state index in [0.717, 1.165) is 78.2 Å². The van der Waals surface area contributed by atoms with Gasteiger partial charge in [0.2, 0.25) is 0 Å². The maximum absolute atomic E-state index is 13.1. The maximum atomic E-state index is 13.1. The molecule has 9 rings (SSSR count). The molecule has 2 aromatic rings. The highest BCUT2D eigenvalue weighted by molar-refractivity contribution is 5.63. The number of fused-ring (bicyclic) bond motifs is 2. The number of likely N-dealkylation sites (tertiary alicyclic amines) is 1. The molecule has 5 nitrogen and oxygen atoms in total. The number of nitrogens with zero attached hydrogens (tertiary/aromatic N) is 1. The monoisotopic (exact) mass is 584 g/mol. The molecule has 4 saturated carbocycles. The average molecular weight is 585 g/mol. The quantitative estimate of drug-likeness (QED) is 0.342. The molecular formula is C34H41F3NO4+. The topological polar surface area (TPSA) is 36.9 Å². The van der Waals surface area contributed by atoms with Crippen LogP contribution in [0.1, 0.15) is 60.8 Å². The minimum atomic E-state index is -4.34. The average Bonchev–Trinajstić information content (AvgIpc) is 3.71. The van der Waals surface area contributed by atoms with Crippen LogP contribution in [0.25, 0.3) is 0 Å². The van der Waals surface area contributed by atoms with Crippen molar-refractivity contribution in [1.29, 1.82) is 0 Å². The molecule has 2 aromatic carbocycles. The Kier molecular flexibility index (Phi) is 5.77. The van der Waals surface area contributed by atoms with E-state index in [1.165, 1.54) is 42.6 Å². The van der Waals surface area contributed by atoms with Crippen LogP contribution in [0.15, 0.2) is 36.4 Å². The first-order chi connectivity index (χ1) is 20.1. The molecule has 2 spiro atoms. The second-order valence-electron chi connectivity index (χ2n) is 14.3. The summed E-state index contributed by atoms with van der Waals surface area (Å²) in [5, 5.41) is 0. The standard InChI is InChI=1S/C34H41F3NO4/c1-38(18-21-4-5-21)15-14-32-28-23-8-11-26(39-2)29(28)42-30(32)33(40-3)13-12-31(32,27(38)16-23)17-25(33)20-41-19-22-6-9-24(10-7-22)34(35,36)37/h6-11,21,25,27,30H,4-5,12-20H2,1-3H3/q+1/t25-,27-,30-,31-,32+,33-,38?/m1/s1. The fourth-order valence-corrected chi connectivity index (χ4v) is 10.7. The van der Waals surface area contributed by atoms with Gasteiger partial charge in [-0.15, -0.1) is 0 Å². The van der Waals surface area contributed by atoms with Crippen LogP contribution in [0.3, 0.4) is 0 Å². The predicted octanol–water partition coefficient (Wildman–Crippen LogP) is 6.30. The van der Waals surface area contributed by atoms with Gasteiger partial charge in [0.1, 0.15) is 11.7 Å². The fraction of sp³-hybridized carbons (Fsp3) is 0.647. The van der Waals surface area contributed by atoms with Crippen LogP contribution < -0.4 is 9.47 Å². The molecule has 1 unspecified atom stereocenters. The molecule has 2 aliphatic heterocycles. The van der Waals surface area contributed by atoms with E-state index >= 15 is 0 Å². The van der Waals surface area contributed by atoms with Crippen molar-refractivity contribution in [3.8, 4) is 11.5 Å². The third kappa shape index (κ3) is 3.43. The Morgan fingerprint density at radius 1 is 1.02 bits per heavy atom. The van der Waals surface area contributed by atoms with Gasteiger partial charge < -0.3 is 23.4 Å². The number of methoxy groups -OCH3 is 2. The van der Waals surface area contributed by atoms with Crippen molar-refractivity contribution >= 4 is 0 Å². The first kappa shape index (κ1) is 27.3. The molecule has 5 fully saturated rings. The Balaban J connectivity index is 1.16. The van der Waals surface area contributed by atoms with Crippen molar-refractivity contribution in [2.75, 3.05) is 41.0 Å². The van der Waals surface area contributed by atoms with E-state index in [1.54, 1.807) is 7.11 Å². The van der Waals surface area contributed by atoms with Crippen LogP contribution in [0.4, 0.5) is 13.2 Å². The van der Waals surface area contributed by atoms with Crippen molar-refractivity contribution in [1.82, 2.24) is 0 Å².